The van der Waals surface area contributed by atoms with Gasteiger partial charge in [0.1, 0.15) is 0 Å². The van der Waals surface area contributed by atoms with Gasteiger partial charge in [0.05, 0.1) is 0 Å². The van der Waals surface area contributed by atoms with Crippen LogP contribution in [0.1, 0.15) is 27.2 Å². The molecule has 4 nitrogen and oxygen atoms in total. The van der Waals surface area contributed by atoms with Gasteiger partial charge in [0.15, 0.2) is 6.23 Å². The molecule has 0 aromatic carbocycles. The number of rotatable bonds is 1. The molecule has 2 N–H and O–H groups in total. The van der Waals surface area contributed by atoms with Crippen LogP contribution in [0.15, 0.2) is 0 Å². The molecule has 64 valence electrons. The van der Waals surface area contributed by atoms with E-state index in [1.165, 1.54) is 0 Å². The van der Waals surface area contributed by atoms with Crippen molar-refractivity contribution in [2.75, 3.05) is 0 Å². The molecule has 1 amide bonds. The Labute approximate surface area is 66.3 Å². The molecule has 1 saturated heterocycles. The smallest absolute Gasteiger partial charge is 0.423 e. The van der Waals surface area contributed by atoms with Crippen LogP contribution >= 0.6 is 0 Å². The standard InChI is InChI=1S/C7H14N2O2/c1-7(2,3)4-5-8-9-6(10)11-5/h5,8H,4H2,1-3H3,(H,9,10). The second kappa shape index (κ2) is 2.70. The van der Waals surface area contributed by atoms with E-state index >= 15 is 0 Å². The van der Waals surface area contributed by atoms with E-state index in [0.29, 0.717) is 0 Å². The fourth-order valence-electron chi connectivity index (χ4n) is 0.976. The van der Waals surface area contributed by atoms with Gasteiger partial charge in [-0.05, 0) is 5.41 Å². The average molecular weight is 158 g/mol. The van der Waals surface area contributed by atoms with Crippen molar-refractivity contribution in [3.63, 3.8) is 0 Å². The van der Waals surface area contributed by atoms with Crippen molar-refractivity contribution in [3.8, 4) is 0 Å². The van der Waals surface area contributed by atoms with Crippen LogP contribution in [-0.4, -0.2) is 12.3 Å². The normalized spacial score (nSPS) is 24.6. The third-order valence-electron chi connectivity index (χ3n) is 1.38. The lowest BCUT2D eigenvalue weighted by atomic mass is 9.91. The van der Waals surface area contributed by atoms with Crippen LogP contribution in [0, 0.1) is 5.41 Å². The molecule has 1 unspecified atom stereocenters. The topological polar surface area (TPSA) is 50.4 Å². The molecule has 0 radical (unpaired) electrons. The van der Waals surface area contributed by atoms with Crippen LogP contribution in [0.2, 0.25) is 0 Å². The molecular formula is C7H14N2O2. The Morgan fingerprint density at radius 3 is 2.55 bits per heavy atom. The molecule has 1 fully saturated rings. The summed E-state index contributed by atoms with van der Waals surface area (Å²) < 4.78 is 4.88. The van der Waals surface area contributed by atoms with E-state index in [-0.39, 0.29) is 17.7 Å². The highest BCUT2D eigenvalue weighted by atomic mass is 16.6. The largest absolute Gasteiger partial charge is 0.428 e. The Balaban J connectivity index is 2.34. The molecule has 11 heavy (non-hydrogen) atoms. The molecule has 0 aromatic heterocycles. The third-order valence-corrected chi connectivity index (χ3v) is 1.38. The maximum absolute atomic E-state index is 10.5. The fraction of sp³-hybridized carbons (Fsp3) is 0.857. The Morgan fingerprint density at radius 2 is 2.18 bits per heavy atom. The Morgan fingerprint density at radius 1 is 1.55 bits per heavy atom. The summed E-state index contributed by atoms with van der Waals surface area (Å²) >= 11 is 0. The molecule has 1 rings (SSSR count). The van der Waals surface area contributed by atoms with E-state index in [1.54, 1.807) is 0 Å². The summed E-state index contributed by atoms with van der Waals surface area (Å²) in [6.45, 7) is 6.29. The van der Waals surface area contributed by atoms with Crippen molar-refractivity contribution in [1.82, 2.24) is 10.9 Å². The molecule has 1 atom stereocenters. The molecule has 0 aromatic rings. The van der Waals surface area contributed by atoms with Crippen LogP contribution in [-0.2, 0) is 4.74 Å². The lowest BCUT2D eigenvalue weighted by Gasteiger charge is -2.20. The minimum atomic E-state index is -0.390. The van der Waals surface area contributed by atoms with Crippen LogP contribution in [0.5, 0.6) is 0 Å². The monoisotopic (exact) mass is 158 g/mol. The summed E-state index contributed by atoms with van der Waals surface area (Å²) in [5, 5.41) is 0. The maximum Gasteiger partial charge on any atom is 0.423 e. The van der Waals surface area contributed by atoms with Gasteiger partial charge in [-0.2, -0.15) is 5.43 Å². The molecule has 0 bridgehead atoms. The summed E-state index contributed by atoms with van der Waals surface area (Å²) in [6, 6.07) is 0. The van der Waals surface area contributed by atoms with Crippen molar-refractivity contribution in [2.45, 2.75) is 33.4 Å². The first-order chi connectivity index (χ1) is 4.97. The van der Waals surface area contributed by atoms with E-state index in [0.717, 1.165) is 6.42 Å². The van der Waals surface area contributed by atoms with Crippen molar-refractivity contribution in [3.05, 3.63) is 0 Å². The van der Waals surface area contributed by atoms with Crippen LogP contribution < -0.4 is 10.9 Å². The lowest BCUT2D eigenvalue weighted by molar-refractivity contribution is 0.0984. The van der Waals surface area contributed by atoms with Gasteiger partial charge in [-0.3, -0.25) is 5.43 Å². The zero-order valence-electron chi connectivity index (χ0n) is 7.10. The second-order valence-electron chi connectivity index (χ2n) is 3.93. The molecule has 1 aliphatic rings. The van der Waals surface area contributed by atoms with Gasteiger partial charge in [-0.25, -0.2) is 4.79 Å². The van der Waals surface area contributed by atoms with Gasteiger partial charge in [0.2, 0.25) is 0 Å². The zero-order valence-corrected chi connectivity index (χ0v) is 7.10. The Bertz CT molecular complexity index is 162. The first-order valence-corrected chi connectivity index (χ1v) is 3.69. The third kappa shape index (κ3) is 2.76. The molecule has 0 saturated carbocycles. The highest BCUT2D eigenvalue weighted by molar-refractivity contribution is 5.68. The number of cyclic esters (lactones) is 1. The number of ether oxygens (including phenoxy) is 1. The molecule has 0 aliphatic carbocycles. The maximum atomic E-state index is 10.5. The summed E-state index contributed by atoms with van der Waals surface area (Å²) in [7, 11) is 0. The quantitative estimate of drug-likeness (QED) is 0.598. The number of carbonyl (C=O) groups excluding carboxylic acids is 1. The molecule has 1 aliphatic heterocycles. The molecule has 1 heterocycles. The first-order valence-electron chi connectivity index (χ1n) is 3.69. The van der Waals surface area contributed by atoms with E-state index in [4.69, 9.17) is 4.74 Å². The Kier molecular flexibility index (Phi) is 2.04. The molecule has 4 heteroatoms. The highest BCUT2D eigenvalue weighted by Gasteiger charge is 2.26. The van der Waals surface area contributed by atoms with Crippen molar-refractivity contribution >= 4 is 6.09 Å². The van der Waals surface area contributed by atoms with E-state index in [2.05, 4.69) is 31.6 Å². The van der Waals surface area contributed by atoms with Gasteiger partial charge < -0.3 is 4.74 Å². The minimum absolute atomic E-state index is 0.171. The zero-order chi connectivity index (χ0) is 8.48. The predicted octanol–water partition coefficient (Wildman–Crippen LogP) is 0.993. The van der Waals surface area contributed by atoms with Crippen LogP contribution in [0.4, 0.5) is 4.79 Å². The van der Waals surface area contributed by atoms with Crippen LogP contribution in [0.3, 0.4) is 0 Å². The van der Waals surface area contributed by atoms with Gasteiger partial charge in [-0.1, -0.05) is 20.8 Å². The number of carbonyl (C=O) groups is 1. The second-order valence-corrected chi connectivity index (χ2v) is 3.93. The summed E-state index contributed by atoms with van der Waals surface area (Å²) in [5.41, 5.74) is 5.29. The van der Waals surface area contributed by atoms with Gasteiger partial charge >= 0.3 is 6.09 Å². The number of hydrogen-bond acceptors (Lipinski definition) is 3. The number of nitrogens with one attached hydrogen (secondary N) is 2. The lowest BCUT2D eigenvalue weighted by Crippen LogP contribution is -2.33. The molecular weight excluding hydrogens is 144 g/mol. The SMILES string of the molecule is CC(C)(C)CC1NNC(=O)O1. The number of hydrazine groups is 1. The predicted molar refractivity (Wildman–Crippen MR) is 40.6 cm³/mol. The minimum Gasteiger partial charge on any atom is -0.428 e. The summed E-state index contributed by atoms with van der Waals surface area (Å²) in [4.78, 5) is 10.5. The summed E-state index contributed by atoms with van der Waals surface area (Å²) in [6.07, 6.45) is 0.243. The van der Waals surface area contributed by atoms with Gasteiger partial charge in [0, 0.05) is 6.42 Å². The number of amides is 1. The van der Waals surface area contributed by atoms with Crippen molar-refractivity contribution in [2.24, 2.45) is 5.41 Å². The van der Waals surface area contributed by atoms with Crippen LogP contribution in [0.25, 0.3) is 0 Å². The van der Waals surface area contributed by atoms with Crippen molar-refractivity contribution in [1.29, 1.82) is 0 Å². The summed E-state index contributed by atoms with van der Waals surface area (Å²) in [5.74, 6) is 0. The van der Waals surface area contributed by atoms with E-state index in [9.17, 15) is 4.79 Å². The molecule has 0 spiro atoms. The fourth-order valence-corrected chi connectivity index (χ4v) is 0.976. The first kappa shape index (κ1) is 8.33. The number of hydrogen-bond donors (Lipinski definition) is 2. The Hall–Kier alpha value is -0.770. The van der Waals surface area contributed by atoms with Crippen molar-refractivity contribution < 1.29 is 9.53 Å². The van der Waals surface area contributed by atoms with E-state index < -0.39 is 0 Å². The van der Waals surface area contributed by atoms with Gasteiger partial charge in [-0.15, -0.1) is 0 Å². The average Bonchev–Trinajstić information content (AvgIpc) is 2.10. The van der Waals surface area contributed by atoms with E-state index in [1.807, 2.05) is 0 Å². The van der Waals surface area contributed by atoms with Gasteiger partial charge in [0.25, 0.3) is 0 Å². The highest BCUT2D eigenvalue weighted by Crippen LogP contribution is 2.21.